The first-order chi connectivity index (χ1) is 7.20. The van der Waals surface area contributed by atoms with Gasteiger partial charge in [0, 0.05) is 11.8 Å². The number of hydrogen-bond acceptors (Lipinski definition) is 5. The highest BCUT2D eigenvalue weighted by atomic mass is 35.5. The van der Waals surface area contributed by atoms with Gasteiger partial charge in [-0.15, -0.1) is 0 Å². The molecule has 0 saturated heterocycles. The number of aromatic nitrogens is 2. The monoisotopic (exact) mass is 261 g/mol. The maximum absolute atomic E-state index is 12.9. The molecule has 2 rings (SSSR count). The van der Waals surface area contributed by atoms with Gasteiger partial charge in [-0.25, -0.2) is 9.37 Å². The molecule has 2 heterocycles. The average molecular weight is 262 g/mol. The van der Waals surface area contributed by atoms with Gasteiger partial charge in [-0.3, -0.25) is 4.98 Å². The second kappa shape index (κ2) is 4.34. The summed E-state index contributed by atoms with van der Waals surface area (Å²) in [5.74, 6) is -0.404. The minimum atomic E-state index is -0.404. The second-order valence-corrected chi connectivity index (χ2v) is 4.22. The number of thiol groups is 1. The molecule has 0 amide bonds. The molecule has 0 aliphatic rings. The summed E-state index contributed by atoms with van der Waals surface area (Å²) in [6.45, 7) is 0. The highest BCUT2D eigenvalue weighted by Gasteiger charge is 2.10. The Morgan fingerprint density at radius 2 is 2.27 bits per heavy atom. The first-order valence-corrected chi connectivity index (χ1v) is 5.52. The highest BCUT2D eigenvalue weighted by molar-refractivity contribution is 7.82. The second-order valence-electron chi connectivity index (χ2n) is 2.64. The molecule has 0 saturated carbocycles. The van der Waals surface area contributed by atoms with Crippen LogP contribution < -0.4 is 4.72 Å². The molecule has 0 spiro atoms. The summed E-state index contributed by atoms with van der Waals surface area (Å²) in [4.78, 5) is 7.79. The van der Waals surface area contributed by atoms with Crippen molar-refractivity contribution in [2.24, 2.45) is 0 Å². The minimum Gasteiger partial charge on any atom is -0.321 e. The lowest BCUT2D eigenvalue weighted by Crippen LogP contribution is -1.81. The Hall–Kier alpha value is -0.850. The van der Waals surface area contributed by atoms with Crippen LogP contribution in [0.5, 0.6) is 0 Å². The Bertz CT molecular complexity index is 488. The molecule has 0 radical (unpaired) electrons. The van der Waals surface area contributed by atoms with E-state index in [4.69, 9.17) is 11.6 Å². The maximum Gasteiger partial charge on any atom is 0.165 e. The van der Waals surface area contributed by atoms with Gasteiger partial charge >= 0.3 is 0 Å². The van der Waals surface area contributed by atoms with E-state index in [1.807, 2.05) is 0 Å². The molecule has 0 aliphatic heterocycles. The van der Waals surface area contributed by atoms with Crippen LogP contribution in [0.3, 0.4) is 0 Å². The van der Waals surface area contributed by atoms with E-state index in [-0.39, 0.29) is 0 Å². The third-order valence-corrected chi connectivity index (χ3v) is 3.42. The standard InChI is InChI=1S/C8H5ClFN3S2/c9-6-8(13-14)15-7(12-6)4-1-5(10)3-11-2-4/h1-3,13-14H. The zero-order chi connectivity index (χ0) is 10.8. The van der Waals surface area contributed by atoms with Gasteiger partial charge in [0.2, 0.25) is 0 Å². The maximum atomic E-state index is 12.9. The van der Waals surface area contributed by atoms with E-state index in [0.717, 1.165) is 6.20 Å². The molecule has 0 fully saturated rings. The van der Waals surface area contributed by atoms with Crippen molar-refractivity contribution in [3.63, 3.8) is 0 Å². The van der Waals surface area contributed by atoms with E-state index in [9.17, 15) is 4.39 Å². The number of nitrogens with one attached hydrogen (secondary N) is 1. The molecular weight excluding hydrogens is 257 g/mol. The summed E-state index contributed by atoms with van der Waals surface area (Å²) in [5, 5.41) is 1.54. The molecule has 0 unspecified atom stereocenters. The molecule has 3 nitrogen and oxygen atoms in total. The normalized spacial score (nSPS) is 10.3. The first-order valence-electron chi connectivity index (χ1n) is 3.88. The van der Waals surface area contributed by atoms with Gasteiger partial charge in [-0.2, -0.15) is 0 Å². The minimum absolute atomic E-state index is 0.314. The van der Waals surface area contributed by atoms with E-state index < -0.39 is 5.82 Å². The van der Waals surface area contributed by atoms with Crippen LogP contribution in [-0.2, 0) is 0 Å². The fraction of sp³-hybridized carbons (Fsp3) is 0. The molecule has 0 atom stereocenters. The van der Waals surface area contributed by atoms with Crippen molar-refractivity contribution in [3.05, 3.63) is 29.4 Å². The van der Waals surface area contributed by atoms with Crippen LogP contribution in [0.2, 0.25) is 5.15 Å². The molecule has 0 aliphatic carbocycles. The number of pyridine rings is 1. The molecule has 2 aromatic rings. The van der Waals surface area contributed by atoms with Gasteiger partial charge in [-0.1, -0.05) is 35.8 Å². The van der Waals surface area contributed by atoms with Gasteiger partial charge in [0.25, 0.3) is 0 Å². The fourth-order valence-corrected chi connectivity index (χ4v) is 2.36. The summed E-state index contributed by atoms with van der Waals surface area (Å²) < 4.78 is 15.5. The number of anilines is 1. The number of thiazole rings is 1. The Morgan fingerprint density at radius 1 is 1.47 bits per heavy atom. The molecule has 0 aromatic carbocycles. The van der Waals surface area contributed by atoms with Crippen LogP contribution in [-0.4, -0.2) is 9.97 Å². The van der Waals surface area contributed by atoms with E-state index in [1.165, 1.54) is 23.6 Å². The Morgan fingerprint density at radius 3 is 2.87 bits per heavy atom. The van der Waals surface area contributed by atoms with Crippen LogP contribution in [0.4, 0.5) is 9.39 Å². The highest BCUT2D eigenvalue weighted by Crippen LogP contribution is 2.35. The van der Waals surface area contributed by atoms with E-state index in [0.29, 0.717) is 20.7 Å². The van der Waals surface area contributed by atoms with Crippen LogP contribution in [0.25, 0.3) is 10.6 Å². The lowest BCUT2D eigenvalue weighted by molar-refractivity contribution is 0.622. The fourth-order valence-electron chi connectivity index (χ4n) is 1.02. The van der Waals surface area contributed by atoms with Crippen molar-refractivity contribution < 1.29 is 4.39 Å². The molecule has 0 bridgehead atoms. The number of halogens is 2. The van der Waals surface area contributed by atoms with Crippen LogP contribution >= 0.6 is 35.8 Å². The van der Waals surface area contributed by atoms with Gasteiger partial charge in [0.05, 0.1) is 6.20 Å². The summed E-state index contributed by atoms with van der Waals surface area (Å²) in [5.41, 5.74) is 0.594. The number of rotatable bonds is 2. The van der Waals surface area contributed by atoms with Crippen molar-refractivity contribution in [2.45, 2.75) is 0 Å². The third-order valence-electron chi connectivity index (χ3n) is 1.64. The quantitative estimate of drug-likeness (QED) is 0.815. The van der Waals surface area contributed by atoms with Crippen molar-refractivity contribution >= 4 is 40.8 Å². The topological polar surface area (TPSA) is 37.8 Å². The Labute approximate surface area is 99.9 Å². The molecule has 15 heavy (non-hydrogen) atoms. The zero-order valence-electron chi connectivity index (χ0n) is 7.24. The summed E-state index contributed by atoms with van der Waals surface area (Å²) in [7, 11) is 0. The van der Waals surface area contributed by atoms with E-state index in [1.54, 1.807) is 0 Å². The van der Waals surface area contributed by atoms with Crippen molar-refractivity contribution in [1.29, 1.82) is 0 Å². The molecular formula is C8H5ClFN3S2. The largest absolute Gasteiger partial charge is 0.321 e. The molecule has 7 heteroatoms. The number of hydrogen-bond donors (Lipinski definition) is 2. The van der Waals surface area contributed by atoms with Gasteiger partial charge in [0.15, 0.2) is 5.15 Å². The SMILES string of the molecule is Fc1cncc(-c2nc(Cl)c(NS)s2)c1. The van der Waals surface area contributed by atoms with Gasteiger partial charge in [-0.05, 0) is 6.07 Å². The Balaban J connectivity index is 2.45. The molecule has 1 N–H and O–H groups in total. The lowest BCUT2D eigenvalue weighted by atomic mass is 10.3. The first kappa shape index (κ1) is 10.7. The summed E-state index contributed by atoms with van der Waals surface area (Å²) in [6, 6.07) is 1.35. The molecule has 2 aromatic heterocycles. The summed E-state index contributed by atoms with van der Waals surface area (Å²) >= 11 is 11.0. The van der Waals surface area contributed by atoms with Gasteiger partial charge in [0.1, 0.15) is 15.8 Å². The van der Waals surface area contributed by atoms with Crippen LogP contribution in [0, 0.1) is 5.82 Å². The lowest BCUT2D eigenvalue weighted by Gasteiger charge is -1.93. The average Bonchev–Trinajstić information content (AvgIpc) is 2.60. The Kier molecular flexibility index (Phi) is 3.08. The van der Waals surface area contributed by atoms with Crippen LogP contribution in [0.1, 0.15) is 0 Å². The zero-order valence-corrected chi connectivity index (χ0v) is 9.70. The molecule has 78 valence electrons. The number of nitrogens with zero attached hydrogens (tertiary/aromatic N) is 2. The van der Waals surface area contributed by atoms with Gasteiger partial charge < -0.3 is 4.72 Å². The predicted octanol–water partition coefficient (Wildman–Crippen LogP) is 3.25. The van der Waals surface area contributed by atoms with E-state index in [2.05, 4.69) is 27.5 Å². The van der Waals surface area contributed by atoms with Crippen LogP contribution in [0.15, 0.2) is 18.5 Å². The van der Waals surface area contributed by atoms with E-state index >= 15 is 0 Å². The van der Waals surface area contributed by atoms with Crippen molar-refractivity contribution in [2.75, 3.05) is 4.72 Å². The smallest absolute Gasteiger partial charge is 0.165 e. The van der Waals surface area contributed by atoms with Crippen molar-refractivity contribution in [1.82, 2.24) is 9.97 Å². The predicted molar refractivity (Wildman–Crippen MR) is 62.9 cm³/mol. The third kappa shape index (κ3) is 2.22. The van der Waals surface area contributed by atoms with Crippen molar-refractivity contribution in [3.8, 4) is 10.6 Å². The summed E-state index contributed by atoms with van der Waals surface area (Å²) in [6.07, 6.45) is 2.66.